The fraction of sp³-hybridized carbons (Fsp3) is 0.312. The van der Waals surface area contributed by atoms with Crippen molar-refractivity contribution >= 4 is 5.91 Å². The molecule has 0 aliphatic rings. The number of carbonyl (C=O) groups is 1. The molecule has 1 aromatic carbocycles. The van der Waals surface area contributed by atoms with Crippen molar-refractivity contribution in [2.24, 2.45) is 0 Å². The lowest BCUT2D eigenvalue weighted by Gasteiger charge is -2.20. The smallest absolute Gasteiger partial charge is 0.253 e. The Morgan fingerprint density at radius 1 is 1.33 bits per heavy atom. The Balaban J connectivity index is 2.10. The van der Waals surface area contributed by atoms with E-state index in [0.29, 0.717) is 5.56 Å². The number of hydrogen-bond acceptors (Lipinski definition) is 3. The monoisotopic (exact) mass is 288 g/mol. The van der Waals surface area contributed by atoms with Crippen LogP contribution in [-0.4, -0.2) is 53.9 Å². The average Bonchev–Trinajstić information content (AvgIpc) is 3.01. The van der Waals surface area contributed by atoms with Gasteiger partial charge in [-0.1, -0.05) is 6.07 Å². The SMILES string of the molecule is COCC(O)CN(C)C(=O)c1cccc(-n2cccc2)c1. The summed E-state index contributed by atoms with van der Waals surface area (Å²) in [6, 6.07) is 11.3. The predicted octanol–water partition coefficient (Wildman–Crippen LogP) is 1.56. The summed E-state index contributed by atoms with van der Waals surface area (Å²) in [6.45, 7) is 0.446. The van der Waals surface area contributed by atoms with Gasteiger partial charge >= 0.3 is 0 Å². The van der Waals surface area contributed by atoms with Crippen LogP contribution in [0.4, 0.5) is 0 Å². The molecule has 112 valence electrons. The predicted molar refractivity (Wildman–Crippen MR) is 80.6 cm³/mol. The van der Waals surface area contributed by atoms with Crippen molar-refractivity contribution in [1.82, 2.24) is 9.47 Å². The molecule has 0 saturated carbocycles. The lowest BCUT2D eigenvalue weighted by Crippen LogP contribution is -2.36. The zero-order valence-corrected chi connectivity index (χ0v) is 12.3. The largest absolute Gasteiger partial charge is 0.389 e. The van der Waals surface area contributed by atoms with E-state index in [4.69, 9.17) is 4.74 Å². The number of aliphatic hydroxyl groups is 1. The van der Waals surface area contributed by atoms with Crippen LogP contribution in [0.5, 0.6) is 0 Å². The van der Waals surface area contributed by atoms with E-state index in [2.05, 4.69) is 0 Å². The molecular weight excluding hydrogens is 268 g/mol. The molecule has 0 aliphatic carbocycles. The van der Waals surface area contributed by atoms with E-state index in [1.807, 2.05) is 47.3 Å². The van der Waals surface area contributed by atoms with E-state index >= 15 is 0 Å². The second-order valence-electron chi connectivity index (χ2n) is 4.94. The molecular formula is C16H20N2O3. The summed E-state index contributed by atoms with van der Waals surface area (Å²) in [5.74, 6) is -0.126. The van der Waals surface area contributed by atoms with Gasteiger partial charge in [-0.25, -0.2) is 0 Å². The first-order valence-corrected chi connectivity index (χ1v) is 6.77. The maximum Gasteiger partial charge on any atom is 0.253 e. The fourth-order valence-corrected chi connectivity index (χ4v) is 2.17. The Labute approximate surface area is 124 Å². The molecule has 1 atom stereocenters. The maximum absolute atomic E-state index is 12.4. The summed E-state index contributed by atoms with van der Waals surface area (Å²) >= 11 is 0. The average molecular weight is 288 g/mol. The zero-order valence-electron chi connectivity index (χ0n) is 12.3. The van der Waals surface area contributed by atoms with Crippen LogP contribution in [0.2, 0.25) is 0 Å². The third kappa shape index (κ3) is 3.93. The van der Waals surface area contributed by atoms with Crippen molar-refractivity contribution in [2.75, 3.05) is 27.3 Å². The molecule has 0 bridgehead atoms. The summed E-state index contributed by atoms with van der Waals surface area (Å²) in [4.78, 5) is 13.9. The molecule has 21 heavy (non-hydrogen) atoms. The molecule has 1 amide bonds. The fourth-order valence-electron chi connectivity index (χ4n) is 2.17. The number of amides is 1. The van der Waals surface area contributed by atoms with Gasteiger partial charge in [0.2, 0.25) is 0 Å². The Morgan fingerprint density at radius 3 is 2.71 bits per heavy atom. The molecule has 1 aromatic heterocycles. The van der Waals surface area contributed by atoms with Crippen LogP contribution in [0.15, 0.2) is 48.8 Å². The van der Waals surface area contributed by atoms with Crippen molar-refractivity contribution in [3.05, 3.63) is 54.4 Å². The third-order valence-corrected chi connectivity index (χ3v) is 3.19. The number of rotatable bonds is 6. The van der Waals surface area contributed by atoms with Gasteiger partial charge in [0.25, 0.3) is 5.91 Å². The third-order valence-electron chi connectivity index (χ3n) is 3.19. The highest BCUT2D eigenvalue weighted by Crippen LogP contribution is 2.12. The summed E-state index contributed by atoms with van der Waals surface area (Å²) in [5.41, 5.74) is 1.52. The van der Waals surface area contributed by atoms with Crippen molar-refractivity contribution in [1.29, 1.82) is 0 Å². The van der Waals surface area contributed by atoms with E-state index in [-0.39, 0.29) is 19.1 Å². The van der Waals surface area contributed by atoms with Crippen LogP contribution in [0.1, 0.15) is 10.4 Å². The molecule has 0 spiro atoms. The second kappa shape index (κ2) is 7.06. The number of nitrogens with zero attached hydrogens (tertiary/aromatic N) is 2. The topological polar surface area (TPSA) is 54.7 Å². The highest BCUT2D eigenvalue weighted by molar-refractivity contribution is 5.94. The normalized spacial score (nSPS) is 12.1. The molecule has 1 heterocycles. The van der Waals surface area contributed by atoms with Crippen LogP contribution >= 0.6 is 0 Å². The van der Waals surface area contributed by atoms with Gasteiger partial charge in [-0.3, -0.25) is 4.79 Å². The Bertz CT molecular complexity index is 581. The van der Waals surface area contributed by atoms with Crippen molar-refractivity contribution in [3.63, 3.8) is 0 Å². The first kappa shape index (κ1) is 15.3. The first-order valence-electron chi connectivity index (χ1n) is 6.77. The Kier molecular flexibility index (Phi) is 5.14. The molecule has 0 fully saturated rings. The first-order chi connectivity index (χ1) is 10.1. The molecule has 5 nitrogen and oxygen atoms in total. The maximum atomic E-state index is 12.4. The van der Waals surface area contributed by atoms with Gasteiger partial charge in [-0.15, -0.1) is 0 Å². The summed E-state index contributed by atoms with van der Waals surface area (Å²) in [6.07, 6.45) is 3.17. The van der Waals surface area contributed by atoms with Crippen molar-refractivity contribution < 1.29 is 14.6 Å². The highest BCUT2D eigenvalue weighted by Gasteiger charge is 2.15. The number of aromatic nitrogens is 1. The molecule has 2 rings (SSSR count). The van der Waals surface area contributed by atoms with E-state index in [9.17, 15) is 9.90 Å². The second-order valence-corrected chi connectivity index (χ2v) is 4.94. The lowest BCUT2D eigenvalue weighted by atomic mass is 10.1. The molecule has 1 unspecified atom stereocenters. The van der Waals surface area contributed by atoms with Gasteiger partial charge in [0.1, 0.15) is 0 Å². The minimum absolute atomic E-state index is 0.126. The number of aliphatic hydroxyl groups excluding tert-OH is 1. The van der Waals surface area contributed by atoms with E-state index in [0.717, 1.165) is 5.69 Å². The van der Waals surface area contributed by atoms with Gasteiger partial charge in [0.05, 0.1) is 12.7 Å². The van der Waals surface area contributed by atoms with Crippen LogP contribution < -0.4 is 0 Å². The number of methoxy groups -OCH3 is 1. The minimum Gasteiger partial charge on any atom is -0.389 e. The summed E-state index contributed by atoms with van der Waals surface area (Å²) < 4.78 is 6.81. The molecule has 0 saturated heterocycles. The summed E-state index contributed by atoms with van der Waals surface area (Å²) in [7, 11) is 3.19. The van der Waals surface area contributed by atoms with E-state index in [1.54, 1.807) is 13.1 Å². The van der Waals surface area contributed by atoms with Crippen LogP contribution in [0.3, 0.4) is 0 Å². The number of likely N-dealkylation sites (N-methyl/N-ethyl adjacent to an activating group) is 1. The minimum atomic E-state index is -0.684. The molecule has 0 aliphatic heterocycles. The molecule has 1 N–H and O–H groups in total. The van der Waals surface area contributed by atoms with Crippen molar-refractivity contribution in [2.45, 2.75) is 6.10 Å². The van der Waals surface area contributed by atoms with Crippen molar-refractivity contribution in [3.8, 4) is 5.69 Å². The molecule has 0 radical (unpaired) electrons. The Hall–Kier alpha value is -2.11. The number of ether oxygens (including phenoxy) is 1. The standard InChI is InChI=1S/C16H20N2O3/c1-17(11-15(19)12-21-2)16(20)13-6-5-7-14(10-13)18-8-3-4-9-18/h3-10,15,19H,11-12H2,1-2H3. The zero-order chi connectivity index (χ0) is 15.2. The number of hydrogen-bond donors (Lipinski definition) is 1. The van der Waals surface area contributed by atoms with Crippen LogP contribution in [0.25, 0.3) is 5.69 Å². The quantitative estimate of drug-likeness (QED) is 0.877. The number of benzene rings is 1. The molecule has 5 heteroatoms. The van der Waals surface area contributed by atoms with Gasteiger partial charge in [0.15, 0.2) is 0 Å². The van der Waals surface area contributed by atoms with Crippen LogP contribution in [-0.2, 0) is 4.74 Å². The van der Waals surface area contributed by atoms with Crippen LogP contribution in [0, 0.1) is 0 Å². The lowest BCUT2D eigenvalue weighted by molar-refractivity contribution is 0.0380. The Morgan fingerprint density at radius 2 is 2.05 bits per heavy atom. The van der Waals surface area contributed by atoms with E-state index in [1.165, 1.54) is 12.0 Å². The van der Waals surface area contributed by atoms with Gasteiger partial charge < -0.3 is 19.3 Å². The van der Waals surface area contributed by atoms with Gasteiger partial charge in [-0.2, -0.15) is 0 Å². The highest BCUT2D eigenvalue weighted by atomic mass is 16.5. The van der Waals surface area contributed by atoms with Gasteiger partial charge in [0, 0.05) is 44.3 Å². The molecule has 2 aromatic rings. The summed E-state index contributed by atoms with van der Waals surface area (Å²) in [5, 5.41) is 9.70. The number of carbonyl (C=O) groups excluding carboxylic acids is 1. The van der Waals surface area contributed by atoms with Gasteiger partial charge in [-0.05, 0) is 30.3 Å². The van der Waals surface area contributed by atoms with E-state index < -0.39 is 6.10 Å².